The number of aromatic nitrogens is 1. The lowest BCUT2D eigenvalue weighted by Crippen LogP contribution is -2.41. The van der Waals surface area contributed by atoms with Gasteiger partial charge >= 0.3 is 0 Å². The summed E-state index contributed by atoms with van der Waals surface area (Å²) in [5.41, 5.74) is 0.395. The van der Waals surface area contributed by atoms with Gasteiger partial charge in [0.1, 0.15) is 41.4 Å². The Kier molecular flexibility index (Phi) is 7.65. The number of ether oxygens (including phenoxy) is 1. The molecular formula is C33H31ClFN3O6S. The van der Waals surface area contributed by atoms with Gasteiger partial charge in [-0.2, -0.15) is 0 Å². The van der Waals surface area contributed by atoms with E-state index in [9.17, 15) is 18.3 Å². The molecule has 2 N–H and O–H groups in total. The van der Waals surface area contributed by atoms with Crippen molar-refractivity contribution >= 4 is 38.7 Å². The van der Waals surface area contributed by atoms with Gasteiger partial charge in [0.25, 0.3) is 5.91 Å². The fraction of sp³-hybridized carbons (Fsp3) is 0.273. The number of nitrogens with one attached hydrogen (secondary N) is 1. The van der Waals surface area contributed by atoms with E-state index in [1.807, 2.05) is 19.9 Å². The van der Waals surface area contributed by atoms with Gasteiger partial charge in [0.2, 0.25) is 0 Å². The number of halogens is 2. The van der Waals surface area contributed by atoms with Crippen LogP contribution in [0.2, 0.25) is 5.02 Å². The van der Waals surface area contributed by atoms with Crippen molar-refractivity contribution in [2.45, 2.75) is 46.8 Å². The molecule has 12 heteroatoms. The topological polar surface area (TPSA) is 122 Å². The molecule has 2 aliphatic rings. The smallest absolute Gasteiger partial charge is 0.281 e. The number of hydrogen-bond donors (Lipinski definition) is 2. The lowest BCUT2D eigenvalue weighted by molar-refractivity contribution is 0.0974. The predicted molar refractivity (Wildman–Crippen MR) is 169 cm³/mol. The van der Waals surface area contributed by atoms with Crippen molar-refractivity contribution in [3.05, 3.63) is 111 Å². The van der Waals surface area contributed by atoms with Crippen LogP contribution >= 0.6 is 11.6 Å². The molecule has 0 spiro atoms. The highest BCUT2D eigenvalue weighted by Crippen LogP contribution is 2.52. The molecule has 234 valence electrons. The molecule has 1 aromatic heterocycles. The lowest BCUT2D eigenvalue weighted by Gasteiger charge is -2.37. The van der Waals surface area contributed by atoms with Crippen LogP contribution in [0.5, 0.6) is 11.5 Å². The number of nitrogens with zero attached hydrogens (tertiary/aromatic N) is 2. The predicted octanol–water partition coefficient (Wildman–Crippen LogP) is 7.24. The first-order valence-electron chi connectivity index (χ1n) is 14.2. The Morgan fingerprint density at radius 3 is 2.62 bits per heavy atom. The first kappa shape index (κ1) is 30.7. The summed E-state index contributed by atoms with van der Waals surface area (Å²) in [6, 6.07) is 14.3. The van der Waals surface area contributed by atoms with E-state index in [4.69, 9.17) is 20.8 Å². The number of allylic oxidation sites excluding steroid dienone is 1. The second-order valence-corrected chi connectivity index (χ2v) is 14.4. The second-order valence-electron chi connectivity index (χ2n) is 12.0. The van der Waals surface area contributed by atoms with Gasteiger partial charge in [0.15, 0.2) is 21.4 Å². The van der Waals surface area contributed by atoms with E-state index in [2.05, 4.69) is 10.3 Å². The van der Waals surface area contributed by atoms with Gasteiger partial charge in [-0.3, -0.25) is 9.69 Å². The maximum Gasteiger partial charge on any atom is 0.281 e. The number of phenolic OH excluding ortho intramolecular Hbond substituents is 1. The van der Waals surface area contributed by atoms with Crippen molar-refractivity contribution < 1.29 is 31.9 Å². The zero-order chi connectivity index (χ0) is 32.3. The van der Waals surface area contributed by atoms with E-state index in [1.165, 1.54) is 29.2 Å². The molecule has 3 heterocycles. The Hall–Kier alpha value is -4.35. The molecule has 0 bridgehead atoms. The molecule has 0 aliphatic carbocycles. The summed E-state index contributed by atoms with van der Waals surface area (Å²) in [7, 11) is -4.09. The SMILES string of the molecule is Cc1nc(C(=O)N2c3cccc(O)c3NC3=C(C2c2ccc(OCc4ccccc4Cl)cc2F)S(=O)(=O)CC(C)(C)C3)c(C)o1. The molecule has 0 saturated carbocycles. The fourth-order valence-electron chi connectivity index (χ4n) is 6.05. The number of anilines is 2. The van der Waals surface area contributed by atoms with Crippen LogP contribution in [0.1, 0.15) is 59.6 Å². The number of benzene rings is 3. The Bertz CT molecular complexity index is 1990. The van der Waals surface area contributed by atoms with Gasteiger partial charge in [-0.05, 0) is 49.1 Å². The van der Waals surface area contributed by atoms with Gasteiger partial charge in [0, 0.05) is 34.8 Å². The number of sulfone groups is 1. The van der Waals surface area contributed by atoms with Crippen molar-refractivity contribution in [3.63, 3.8) is 0 Å². The van der Waals surface area contributed by atoms with Crippen molar-refractivity contribution in [1.29, 1.82) is 0 Å². The average molecular weight is 652 g/mol. The van der Waals surface area contributed by atoms with Crippen LogP contribution in [0.25, 0.3) is 0 Å². The number of para-hydroxylation sites is 1. The van der Waals surface area contributed by atoms with Crippen LogP contribution in [0, 0.1) is 25.1 Å². The maximum absolute atomic E-state index is 16.3. The minimum absolute atomic E-state index is 0.0653. The number of oxazole rings is 1. The summed E-state index contributed by atoms with van der Waals surface area (Å²) in [5, 5.41) is 14.6. The van der Waals surface area contributed by atoms with Crippen LogP contribution in [0.3, 0.4) is 0 Å². The van der Waals surface area contributed by atoms with Crippen LogP contribution < -0.4 is 15.0 Å². The van der Waals surface area contributed by atoms with Gasteiger partial charge in [0.05, 0.1) is 16.3 Å². The maximum atomic E-state index is 16.3. The number of aromatic hydroxyl groups is 1. The minimum atomic E-state index is -4.09. The van der Waals surface area contributed by atoms with Crippen LogP contribution in [-0.2, 0) is 16.4 Å². The van der Waals surface area contributed by atoms with E-state index >= 15 is 4.39 Å². The van der Waals surface area contributed by atoms with E-state index in [1.54, 1.807) is 38.1 Å². The Morgan fingerprint density at radius 2 is 1.93 bits per heavy atom. The molecule has 9 nitrogen and oxygen atoms in total. The van der Waals surface area contributed by atoms with Crippen LogP contribution in [0.4, 0.5) is 15.8 Å². The fourth-order valence-corrected chi connectivity index (χ4v) is 8.59. The molecular weight excluding hydrogens is 621 g/mol. The Labute approximate surface area is 265 Å². The quantitative estimate of drug-likeness (QED) is 0.217. The second kappa shape index (κ2) is 11.2. The van der Waals surface area contributed by atoms with Crippen LogP contribution in [-0.4, -0.2) is 30.2 Å². The molecule has 1 atom stereocenters. The molecule has 0 radical (unpaired) electrons. The molecule has 3 aromatic carbocycles. The van der Waals surface area contributed by atoms with E-state index in [0.29, 0.717) is 10.6 Å². The number of carbonyl (C=O) groups excluding carboxylic acids is 1. The Balaban J connectivity index is 1.56. The van der Waals surface area contributed by atoms with Gasteiger partial charge in [-0.15, -0.1) is 0 Å². The number of rotatable bonds is 5. The number of amides is 1. The molecule has 0 fully saturated rings. The summed E-state index contributed by atoms with van der Waals surface area (Å²) < 4.78 is 56.0. The number of aryl methyl sites for hydroxylation is 2. The zero-order valence-corrected chi connectivity index (χ0v) is 26.6. The molecule has 1 unspecified atom stereocenters. The van der Waals surface area contributed by atoms with Gasteiger partial charge in [-0.1, -0.05) is 49.7 Å². The van der Waals surface area contributed by atoms with E-state index < -0.39 is 33.0 Å². The van der Waals surface area contributed by atoms with E-state index in [-0.39, 0.29) is 75.2 Å². The van der Waals surface area contributed by atoms with Crippen molar-refractivity contribution in [2.24, 2.45) is 5.41 Å². The van der Waals surface area contributed by atoms with Gasteiger partial charge in [-0.25, -0.2) is 17.8 Å². The number of carbonyl (C=O) groups is 1. The monoisotopic (exact) mass is 651 g/mol. The highest BCUT2D eigenvalue weighted by Gasteiger charge is 2.48. The summed E-state index contributed by atoms with van der Waals surface area (Å²) in [6.45, 7) is 6.86. The molecule has 1 amide bonds. The van der Waals surface area contributed by atoms with Crippen molar-refractivity contribution in [2.75, 3.05) is 16.0 Å². The highest BCUT2D eigenvalue weighted by atomic mass is 35.5. The third kappa shape index (κ3) is 5.66. The number of phenols is 1. The van der Waals surface area contributed by atoms with Crippen molar-refractivity contribution in [1.82, 2.24) is 4.98 Å². The summed E-state index contributed by atoms with van der Waals surface area (Å²) in [4.78, 5) is 19.7. The highest BCUT2D eigenvalue weighted by molar-refractivity contribution is 7.95. The first-order valence-corrected chi connectivity index (χ1v) is 16.3. The Morgan fingerprint density at radius 1 is 1.18 bits per heavy atom. The molecule has 0 saturated heterocycles. The lowest BCUT2D eigenvalue weighted by atomic mass is 9.88. The largest absolute Gasteiger partial charge is 0.506 e. The molecule has 45 heavy (non-hydrogen) atoms. The summed E-state index contributed by atoms with van der Waals surface area (Å²) in [5.74, 6) is -1.34. The average Bonchev–Trinajstić information content (AvgIpc) is 3.21. The molecule has 2 aliphatic heterocycles. The first-order chi connectivity index (χ1) is 21.3. The third-order valence-electron chi connectivity index (χ3n) is 7.87. The van der Waals surface area contributed by atoms with Gasteiger partial charge < -0.3 is 19.6 Å². The van der Waals surface area contributed by atoms with Crippen LogP contribution in [0.15, 0.2) is 75.7 Å². The number of hydrogen-bond acceptors (Lipinski definition) is 8. The third-order valence-corrected chi connectivity index (χ3v) is 10.5. The standard InChI is InChI=1S/C33H31ClFN3O6S/c1-18-28(36-19(2)44-18)32(40)38-26-10-7-11-27(39)29(26)37-25-15-33(3,4)17-45(41,42)31(25)30(38)22-13-12-21(14-24(22)35)43-16-20-8-5-6-9-23(20)34/h5-14,30,37,39H,15-17H2,1-4H3. The molecule has 6 rings (SSSR count). The zero-order valence-electron chi connectivity index (χ0n) is 25.0. The minimum Gasteiger partial charge on any atom is -0.506 e. The molecule has 4 aromatic rings. The van der Waals surface area contributed by atoms with E-state index in [0.717, 1.165) is 6.07 Å². The number of fused-ring (bicyclic) bond motifs is 1. The summed E-state index contributed by atoms with van der Waals surface area (Å²) >= 11 is 6.25. The summed E-state index contributed by atoms with van der Waals surface area (Å²) in [6.07, 6.45) is 0.261. The normalized spacial score (nSPS) is 18.4. The van der Waals surface area contributed by atoms with Crippen molar-refractivity contribution in [3.8, 4) is 11.5 Å².